The van der Waals surface area contributed by atoms with Crippen LogP contribution in [0.2, 0.25) is 0 Å². The zero-order valence-corrected chi connectivity index (χ0v) is 41.8. The lowest BCUT2D eigenvalue weighted by molar-refractivity contribution is -0.143. The Morgan fingerprint density at radius 3 is 1.55 bits per heavy atom. The summed E-state index contributed by atoms with van der Waals surface area (Å²) in [7, 11) is 3.38. The number of nitrogens with one attached hydrogen (secondary N) is 4. The molecule has 14 nitrogen and oxygen atoms in total. The summed E-state index contributed by atoms with van der Waals surface area (Å²) in [4.78, 5) is 85.9. The fraction of sp³-hybridized carbons (Fsp3) is 0.608. The Balaban J connectivity index is 1.06. The van der Waals surface area contributed by atoms with Crippen LogP contribution in [0.3, 0.4) is 0 Å². The SMILES string of the molecule is CNCC(=O)N[C@H]1CCS[C@H]2CC(C)(C)[C@@H](C(=O)C[C@H](COCC#CCOC[C@@H](CC(=O)[C@H]3N4C(=O)[C@@H](NC(=O)[C@H](C)NC)CCS[C@H]4CC3(C)C)c3ccccc3)c3ccccc3)N2C1=O. The highest BCUT2D eigenvalue weighted by atomic mass is 32.2. The van der Waals surface area contributed by atoms with Crippen LogP contribution in [0.4, 0.5) is 0 Å². The van der Waals surface area contributed by atoms with E-state index in [9.17, 15) is 28.8 Å². The van der Waals surface area contributed by atoms with Gasteiger partial charge < -0.3 is 40.5 Å². The number of ether oxygens (including phenoxy) is 2. The minimum Gasteiger partial charge on any atom is -0.368 e. The number of Topliss-reactive ketones (excluding diaryl/α,β-unsaturated/α-hetero) is 2. The largest absolute Gasteiger partial charge is 0.368 e. The Kier molecular flexibility index (Phi) is 18.6. The fourth-order valence-electron chi connectivity index (χ4n) is 10.1. The number of amides is 4. The van der Waals surface area contributed by atoms with E-state index in [4.69, 9.17) is 9.47 Å². The standard InChI is InChI=1S/C51H70N6O8S2/c1-33(53-7)47(61)55-39-21-25-67-44-29-51(4,5)46(57(44)49(39)63)41(59)27-37(35-18-12-9-13-19-35)32-65-23-15-14-22-64-31-36(34-16-10-8-11-17-34)26-40(58)45-50(2,3)28-43-56(45)48(62)38(20-24-66-43)54-42(60)30-52-6/h8-13,16-19,33,36-39,43-46,52-53H,20-32H2,1-7H3,(H,54,60)(H,55,61)/t33-,36+,37+,38-,39-,43-,44-,45+,46+/m0/s1. The number of hydrogen-bond acceptors (Lipinski definition) is 12. The Morgan fingerprint density at radius 1 is 0.701 bits per heavy atom. The van der Waals surface area contributed by atoms with E-state index in [1.54, 1.807) is 54.3 Å². The van der Waals surface area contributed by atoms with E-state index in [1.165, 1.54) is 0 Å². The maximum atomic E-state index is 14.5. The van der Waals surface area contributed by atoms with Crippen LogP contribution in [0.1, 0.15) is 96.1 Å². The third-order valence-electron chi connectivity index (χ3n) is 13.6. The van der Waals surface area contributed by atoms with Gasteiger partial charge in [-0.25, -0.2) is 0 Å². The molecule has 0 saturated carbocycles. The molecule has 4 fully saturated rings. The number of thioether (sulfide) groups is 2. The normalized spacial score (nSPS) is 25.6. The summed E-state index contributed by atoms with van der Waals surface area (Å²) >= 11 is 3.35. The Labute approximate surface area is 405 Å². The molecule has 67 heavy (non-hydrogen) atoms. The molecule has 4 saturated heterocycles. The maximum Gasteiger partial charge on any atom is 0.246 e. The van der Waals surface area contributed by atoms with Crippen LogP contribution in [-0.2, 0) is 38.2 Å². The van der Waals surface area contributed by atoms with Gasteiger partial charge in [-0.2, -0.15) is 0 Å². The highest BCUT2D eigenvalue weighted by Crippen LogP contribution is 2.49. The first-order chi connectivity index (χ1) is 32.1. The van der Waals surface area contributed by atoms with Crippen molar-refractivity contribution in [2.24, 2.45) is 10.8 Å². The van der Waals surface area contributed by atoms with E-state index in [0.717, 1.165) is 11.1 Å². The summed E-state index contributed by atoms with van der Waals surface area (Å²) in [5.74, 6) is 5.97. The molecule has 4 aliphatic rings. The Morgan fingerprint density at radius 2 is 1.13 bits per heavy atom. The van der Waals surface area contributed by atoms with Crippen LogP contribution < -0.4 is 21.3 Å². The first-order valence-corrected chi connectivity index (χ1v) is 25.7. The number of nitrogens with zero attached hydrogens (tertiary/aromatic N) is 2. The molecule has 16 heteroatoms. The second kappa shape index (κ2) is 23.9. The van der Waals surface area contributed by atoms with Crippen molar-refractivity contribution in [1.82, 2.24) is 31.1 Å². The molecule has 0 radical (unpaired) electrons. The smallest absolute Gasteiger partial charge is 0.246 e. The molecule has 2 aromatic rings. The number of fused-ring (bicyclic) bond motifs is 2. The third-order valence-corrected chi connectivity index (χ3v) is 16.1. The quantitative estimate of drug-likeness (QED) is 0.108. The molecular formula is C51H70N6O8S2. The second-order valence-electron chi connectivity index (χ2n) is 19.6. The van der Waals surface area contributed by atoms with Crippen molar-refractivity contribution in [1.29, 1.82) is 0 Å². The highest BCUT2D eigenvalue weighted by Gasteiger charge is 2.55. The molecule has 6 rings (SSSR count). The highest BCUT2D eigenvalue weighted by molar-refractivity contribution is 8.00. The van der Waals surface area contributed by atoms with Crippen LogP contribution in [-0.4, -0.2) is 145 Å². The van der Waals surface area contributed by atoms with Gasteiger partial charge in [0.05, 0.1) is 48.6 Å². The van der Waals surface area contributed by atoms with E-state index >= 15 is 0 Å². The summed E-state index contributed by atoms with van der Waals surface area (Å²) in [6.07, 6.45) is 2.71. The number of ketones is 2. The maximum absolute atomic E-state index is 14.5. The summed E-state index contributed by atoms with van der Waals surface area (Å²) in [5.41, 5.74) is 0.982. The van der Waals surface area contributed by atoms with Crippen molar-refractivity contribution in [3.8, 4) is 11.8 Å². The van der Waals surface area contributed by atoms with E-state index in [1.807, 2.05) is 88.4 Å². The first-order valence-electron chi connectivity index (χ1n) is 23.6. The third kappa shape index (κ3) is 13.1. The van der Waals surface area contributed by atoms with Crippen molar-refractivity contribution in [2.75, 3.05) is 58.6 Å². The molecular weight excluding hydrogens is 889 g/mol. The second-order valence-corrected chi connectivity index (χ2v) is 22.1. The average Bonchev–Trinajstić information content (AvgIpc) is 3.62. The van der Waals surface area contributed by atoms with Crippen molar-refractivity contribution in [2.45, 2.75) is 126 Å². The number of carbonyl (C=O) groups excluding carboxylic acids is 6. The molecule has 2 aromatic carbocycles. The first kappa shape index (κ1) is 52.1. The average molecular weight is 959 g/mol. The van der Waals surface area contributed by atoms with Gasteiger partial charge in [-0.05, 0) is 80.2 Å². The Hall–Kier alpha value is -4.24. The molecule has 0 aromatic heterocycles. The fourth-order valence-corrected chi connectivity index (χ4v) is 13.2. The van der Waals surface area contributed by atoms with Crippen LogP contribution in [0, 0.1) is 22.7 Å². The van der Waals surface area contributed by atoms with Gasteiger partial charge in [-0.1, -0.05) is 100 Å². The molecule has 4 amide bonds. The molecule has 4 N–H and O–H groups in total. The van der Waals surface area contributed by atoms with Gasteiger partial charge in [0.25, 0.3) is 0 Å². The molecule has 4 aliphatic heterocycles. The lowest BCUT2D eigenvalue weighted by atomic mass is 9.79. The number of carbonyl (C=O) groups is 6. The van der Waals surface area contributed by atoms with E-state index in [-0.39, 0.29) is 104 Å². The van der Waals surface area contributed by atoms with Gasteiger partial charge in [0.2, 0.25) is 23.6 Å². The monoisotopic (exact) mass is 958 g/mol. The lowest BCUT2D eigenvalue weighted by Crippen LogP contribution is -2.56. The number of likely N-dealkylation sites (N-methyl/N-ethyl adjacent to an activating group) is 2. The lowest BCUT2D eigenvalue weighted by Gasteiger charge is -2.35. The Bertz CT molecular complexity index is 2110. The number of benzene rings is 2. The molecule has 0 bridgehead atoms. The summed E-state index contributed by atoms with van der Waals surface area (Å²) in [6.45, 7) is 10.8. The zero-order valence-electron chi connectivity index (χ0n) is 40.1. The van der Waals surface area contributed by atoms with Crippen molar-refractivity contribution in [3.63, 3.8) is 0 Å². The molecule has 9 atom stereocenters. The summed E-state index contributed by atoms with van der Waals surface area (Å²) < 4.78 is 12.2. The zero-order chi connectivity index (χ0) is 48.3. The van der Waals surface area contributed by atoms with E-state index < -0.39 is 41.0 Å². The van der Waals surface area contributed by atoms with Crippen LogP contribution in [0.25, 0.3) is 0 Å². The molecule has 4 heterocycles. The van der Waals surface area contributed by atoms with E-state index in [0.29, 0.717) is 37.2 Å². The van der Waals surface area contributed by atoms with Gasteiger partial charge in [-0.15, -0.1) is 23.5 Å². The molecule has 0 spiro atoms. The van der Waals surface area contributed by atoms with Crippen LogP contribution in [0.15, 0.2) is 60.7 Å². The van der Waals surface area contributed by atoms with E-state index in [2.05, 4.69) is 33.1 Å². The predicted octanol–water partition coefficient (Wildman–Crippen LogP) is 4.49. The van der Waals surface area contributed by atoms with Crippen molar-refractivity contribution in [3.05, 3.63) is 71.8 Å². The van der Waals surface area contributed by atoms with Crippen molar-refractivity contribution >= 4 is 58.7 Å². The van der Waals surface area contributed by atoms with Crippen LogP contribution >= 0.6 is 23.5 Å². The number of rotatable bonds is 20. The molecule has 0 unspecified atom stereocenters. The minimum absolute atomic E-state index is 0.0344. The molecule has 0 aliphatic carbocycles. The van der Waals surface area contributed by atoms with Crippen LogP contribution in [0.5, 0.6) is 0 Å². The van der Waals surface area contributed by atoms with Gasteiger partial charge >= 0.3 is 0 Å². The van der Waals surface area contributed by atoms with Gasteiger partial charge in [0, 0.05) is 24.7 Å². The number of hydrogen-bond donors (Lipinski definition) is 4. The van der Waals surface area contributed by atoms with Crippen molar-refractivity contribution < 1.29 is 38.2 Å². The topological polar surface area (TPSA) is 175 Å². The van der Waals surface area contributed by atoms with Gasteiger partial charge in [0.15, 0.2) is 11.6 Å². The molecule has 364 valence electrons. The van der Waals surface area contributed by atoms with Gasteiger partial charge in [-0.3, -0.25) is 28.8 Å². The minimum atomic E-state index is -0.699. The summed E-state index contributed by atoms with van der Waals surface area (Å²) in [6, 6.07) is 16.4. The summed E-state index contributed by atoms with van der Waals surface area (Å²) in [5, 5.41) is 11.3. The predicted molar refractivity (Wildman–Crippen MR) is 263 cm³/mol. The van der Waals surface area contributed by atoms with Gasteiger partial charge in [0.1, 0.15) is 25.3 Å².